The Labute approximate surface area is 134 Å². The fraction of sp³-hybridized carbons (Fsp3) is 0.412. The number of benzene rings is 1. The Morgan fingerprint density at radius 1 is 1.32 bits per heavy atom. The van der Waals surface area contributed by atoms with Crippen LogP contribution in [0.1, 0.15) is 34.6 Å². The minimum atomic E-state index is 0.0246. The van der Waals surface area contributed by atoms with E-state index in [0.29, 0.717) is 12.1 Å². The molecule has 5 heteroatoms. The van der Waals surface area contributed by atoms with Crippen LogP contribution >= 0.6 is 11.3 Å². The first kappa shape index (κ1) is 13.9. The molecule has 1 amide bonds. The average Bonchev–Trinajstić information content (AvgIpc) is 3.23. The van der Waals surface area contributed by atoms with E-state index in [1.807, 2.05) is 37.3 Å². The van der Waals surface area contributed by atoms with Gasteiger partial charge in [0, 0.05) is 23.7 Å². The molecule has 2 bridgehead atoms. The van der Waals surface area contributed by atoms with Crippen molar-refractivity contribution in [2.24, 2.45) is 0 Å². The molecule has 2 aromatic rings. The van der Waals surface area contributed by atoms with Gasteiger partial charge < -0.3 is 10.6 Å². The molecule has 3 heterocycles. The van der Waals surface area contributed by atoms with Crippen LogP contribution in [-0.2, 0) is 0 Å². The van der Waals surface area contributed by atoms with Crippen LogP contribution in [0.2, 0.25) is 0 Å². The van der Waals surface area contributed by atoms with E-state index in [2.05, 4.69) is 15.6 Å². The first-order valence-corrected chi connectivity index (χ1v) is 8.62. The lowest BCUT2D eigenvalue weighted by molar-refractivity contribution is 0.0934. The molecule has 2 saturated heterocycles. The van der Waals surface area contributed by atoms with Crippen LogP contribution in [0, 0.1) is 6.92 Å². The van der Waals surface area contributed by atoms with Crippen molar-refractivity contribution in [2.75, 3.05) is 0 Å². The van der Waals surface area contributed by atoms with Gasteiger partial charge in [0.2, 0.25) is 0 Å². The molecule has 0 radical (unpaired) electrons. The third-order valence-electron chi connectivity index (χ3n) is 4.64. The highest BCUT2D eigenvalue weighted by Crippen LogP contribution is 2.30. The third kappa shape index (κ3) is 2.44. The predicted molar refractivity (Wildman–Crippen MR) is 88.1 cm³/mol. The number of aryl methyl sites for hydroxylation is 1. The molecule has 1 aromatic heterocycles. The molecular weight excluding hydrogens is 294 g/mol. The minimum absolute atomic E-state index is 0.0246. The minimum Gasteiger partial charge on any atom is -0.347 e. The van der Waals surface area contributed by atoms with Gasteiger partial charge in [-0.2, -0.15) is 0 Å². The van der Waals surface area contributed by atoms with Gasteiger partial charge in [-0.1, -0.05) is 30.3 Å². The van der Waals surface area contributed by atoms with E-state index in [4.69, 9.17) is 0 Å². The first-order chi connectivity index (χ1) is 10.7. The van der Waals surface area contributed by atoms with E-state index < -0.39 is 0 Å². The summed E-state index contributed by atoms with van der Waals surface area (Å²) in [5.74, 6) is 0.0246. The van der Waals surface area contributed by atoms with Crippen LogP contribution in [0.4, 0.5) is 0 Å². The maximum atomic E-state index is 12.6. The number of carbonyl (C=O) groups excluding carboxylic acids is 1. The lowest BCUT2D eigenvalue weighted by Crippen LogP contribution is -2.42. The molecule has 1 aromatic carbocycles. The number of thiazole rings is 1. The summed E-state index contributed by atoms with van der Waals surface area (Å²) in [7, 11) is 0. The fourth-order valence-electron chi connectivity index (χ4n) is 3.53. The van der Waals surface area contributed by atoms with Crippen LogP contribution in [0.3, 0.4) is 0 Å². The van der Waals surface area contributed by atoms with E-state index in [9.17, 15) is 4.79 Å². The Morgan fingerprint density at radius 2 is 2.14 bits per heavy atom. The number of amides is 1. The summed E-state index contributed by atoms with van der Waals surface area (Å²) in [6, 6.07) is 11.3. The molecule has 2 aliphatic rings. The number of carbonyl (C=O) groups is 1. The largest absolute Gasteiger partial charge is 0.347 e. The molecule has 0 saturated carbocycles. The molecule has 2 aliphatic heterocycles. The Balaban J connectivity index is 1.52. The number of fused-ring (bicyclic) bond motifs is 2. The van der Waals surface area contributed by atoms with Gasteiger partial charge >= 0.3 is 0 Å². The van der Waals surface area contributed by atoms with Gasteiger partial charge in [0.25, 0.3) is 5.91 Å². The van der Waals surface area contributed by atoms with Gasteiger partial charge in [-0.05, 0) is 26.2 Å². The summed E-state index contributed by atoms with van der Waals surface area (Å²) in [6.45, 7) is 1.91. The predicted octanol–water partition coefficient (Wildman–Crippen LogP) is 2.74. The number of hydrogen-bond donors (Lipinski definition) is 2. The molecular formula is C17H19N3OS. The summed E-state index contributed by atoms with van der Waals surface area (Å²) in [5.41, 5.74) is 1.88. The second-order valence-electron chi connectivity index (χ2n) is 6.16. The zero-order valence-electron chi connectivity index (χ0n) is 12.5. The molecule has 4 rings (SSSR count). The van der Waals surface area contributed by atoms with Gasteiger partial charge in [-0.15, -0.1) is 11.3 Å². The summed E-state index contributed by atoms with van der Waals surface area (Å²) in [6.07, 6.45) is 3.47. The Bertz CT molecular complexity index is 697. The molecule has 0 aliphatic carbocycles. The Hall–Kier alpha value is -1.72. The normalized spacial score (nSPS) is 26.3. The Kier molecular flexibility index (Phi) is 3.47. The summed E-state index contributed by atoms with van der Waals surface area (Å²) in [5, 5.41) is 7.67. The molecule has 22 heavy (non-hydrogen) atoms. The summed E-state index contributed by atoms with van der Waals surface area (Å²) in [4.78, 5) is 17.9. The second-order valence-corrected chi connectivity index (χ2v) is 7.16. The van der Waals surface area contributed by atoms with Crippen LogP contribution in [-0.4, -0.2) is 29.0 Å². The summed E-state index contributed by atoms with van der Waals surface area (Å²) >= 11 is 1.48. The highest BCUT2D eigenvalue weighted by molar-refractivity contribution is 7.17. The van der Waals surface area contributed by atoms with Gasteiger partial charge in [0.05, 0.1) is 5.69 Å². The van der Waals surface area contributed by atoms with Crippen molar-refractivity contribution >= 4 is 17.2 Å². The van der Waals surface area contributed by atoms with Gasteiger partial charge in [0.1, 0.15) is 9.88 Å². The molecule has 2 fully saturated rings. The molecule has 114 valence electrons. The Morgan fingerprint density at radius 3 is 2.82 bits per heavy atom. The van der Waals surface area contributed by atoms with Crippen molar-refractivity contribution in [1.29, 1.82) is 0 Å². The van der Waals surface area contributed by atoms with Gasteiger partial charge in [-0.3, -0.25) is 4.79 Å². The SMILES string of the molecule is Cc1nc(-c2ccccc2)sc1C(=O)N[C@@H]1C[C@H]2CC[C@@H]1N2. The van der Waals surface area contributed by atoms with Crippen LogP contribution < -0.4 is 10.6 Å². The topological polar surface area (TPSA) is 54.0 Å². The van der Waals surface area contributed by atoms with E-state index in [-0.39, 0.29) is 11.9 Å². The van der Waals surface area contributed by atoms with E-state index >= 15 is 0 Å². The van der Waals surface area contributed by atoms with Crippen LogP contribution in [0.25, 0.3) is 10.6 Å². The van der Waals surface area contributed by atoms with Crippen molar-refractivity contribution in [2.45, 2.75) is 44.3 Å². The number of rotatable bonds is 3. The van der Waals surface area contributed by atoms with Crippen molar-refractivity contribution in [3.63, 3.8) is 0 Å². The maximum absolute atomic E-state index is 12.6. The molecule has 0 spiro atoms. The standard InChI is InChI=1S/C17H19N3OS/c1-10-15(22-17(18-10)11-5-3-2-4-6-11)16(21)20-14-9-12-7-8-13(14)19-12/h2-6,12-14,19H,7-9H2,1H3,(H,20,21)/t12-,13+,14-/m1/s1. The van der Waals surface area contributed by atoms with Gasteiger partial charge in [-0.25, -0.2) is 4.98 Å². The van der Waals surface area contributed by atoms with Crippen molar-refractivity contribution in [3.05, 3.63) is 40.9 Å². The zero-order valence-corrected chi connectivity index (χ0v) is 13.3. The quantitative estimate of drug-likeness (QED) is 0.916. The van der Waals surface area contributed by atoms with E-state index in [1.165, 1.54) is 24.2 Å². The third-order valence-corrected chi connectivity index (χ3v) is 5.85. The molecule has 4 nitrogen and oxygen atoms in total. The van der Waals surface area contributed by atoms with E-state index in [0.717, 1.165) is 27.6 Å². The van der Waals surface area contributed by atoms with Crippen molar-refractivity contribution in [3.8, 4) is 10.6 Å². The molecule has 0 unspecified atom stereocenters. The van der Waals surface area contributed by atoms with Gasteiger partial charge in [0.15, 0.2) is 0 Å². The highest BCUT2D eigenvalue weighted by Gasteiger charge is 2.40. The summed E-state index contributed by atoms with van der Waals surface area (Å²) < 4.78 is 0. The maximum Gasteiger partial charge on any atom is 0.263 e. The number of nitrogens with zero attached hydrogens (tertiary/aromatic N) is 1. The second kappa shape index (κ2) is 5.48. The zero-order chi connectivity index (χ0) is 15.1. The molecule has 3 atom stereocenters. The lowest BCUT2D eigenvalue weighted by atomic mass is 9.95. The number of aromatic nitrogens is 1. The number of nitrogens with one attached hydrogen (secondary N) is 2. The van der Waals surface area contributed by atoms with Crippen molar-refractivity contribution < 1.29 is 4.79 Å². The molecule has 2 N–H and O–H groups in total. The van der Waals surface area contributed by atoms with Crippen LogP contribution in [0.5, 0.6) is 0 Å². The monoisotopic (exact) mass is 313 g/mol. The number of hydrogen-bond acceptors (Lipinski definition) is 4. The highest BCUT2D eigenvalue weighted by atomic mass is 32.1. The first-order valence-electron chi connectivity index (χ1n) is 7.80. The lowest BCUT2D eigenvalue weighted by Gasteiger charge is -2.21. The van der Waals surface area contributed by atoms with Crippen LogP contribution in [0.15, 0.2) is 30.3 Å². The fourth-order valence-corrected chi connectivity index (χ4v) is 4.50. The average molecular weight is 313 g/mol. The van der Waals surface area contributed by atoms with E-state index in [1.54, 1.807) is 0 Å². The smallest absolute Gasteiger partial charge is 0.263 e. The van der Waals surface area contributed by atoms with Crippen molar-refractivity contribution in [1.82, 2.24) is 15.6 Å².